The van der Waals surface area contributed by atoms with Crippen molar-refractivity contribution >= 4 is 29.3 Å². The largest absolute Gasteiger partial charge is 0.479 e. The van der Waals surface area contributed by atoms with Gasteiger partial charge in [0.2, 0.25) is 11.8 Å². The molecule has 2 aromatic heterocycles. The number of carbonyl (C=O) groups is 1. The van der Waals surface area contributed by atoms with Crippen LogP contribution in [0, 0.1) is 4.77 Å². The first-order chi connectivity index (χ1) is 9.10. The molecule has 2 aromatic rings. The first kappa shape index (κ1) is 13.5. The first-order valence-electron chi connectivity index (χ1n) is 5.87. The van der Waals surface area contributed by atoms with Crippen LogP contribution < -0.4 is 10.1 Å². The molecule has 0 aliphatic rings. The monoisotopic (exact) mass is 281 g/mol. The van der Waals surface area contributed by atoms with Gasteiger partial charge in [-0.2, -0.15) is 4.98 Å². The lowest BCUT2D eigenvalue weighted by Gasteiger charge is -2.13. The van der Waals surface area contributed by atoms with Gasteiger partial charge in [0.05, 0.1) is 7.11 Å². The summed E-state index contributed by atoms with van der Waals surface area (Å²) in [4.78, 5) is 23.1. The number of aromatic amines is 1. The maximum Gasteiger partial charge on any atom is 0.242 e. The number of carbonyl (C=O) groups excluding carboxylic acids is 1. The third kappa shape index (κ3) is 2.30. The fourth-order valence-corrected chi connectivity index (χ4v) is 2.22. The molecule has 0 saturated heterocycles. The van der Waals surface area contributed by atoms with E-state index in [4.69, 9.17) is 17.0 Å². The number of H-pyrrole nitrogens is 1. The van der Waals surface area contributed by atoms with Crippen LogP contribution in [0.25, 0.3) is 11.2 Å². The Balaban J connectivity index is 2.58. The van der Waals surface area contributed by atoms with Gasteiger partial charge in [-0.25, -0.2) is 4.98 Å². The predicted molar refractivity (Wildman–Crippen MR) is 72.7 cm³/mol. The van der Waals surface area contributed by atoms with Crippen molar-refractivity contribution in [3.05, 3.63) is 11.1 Å². The summed E-state index contributed by atoms with van der Waals surface area (Å²) in [5.41, 5.74) is 1.14. The number of amides is 1. The van der Waals surface area contributed by atoms with Crippen LogP contribution in [0.3, 0.4) is 0 Å². The minimum atomic E-state index is -0.458. The number of ether oxygens (including phenoxy) is 1. The molecule has 0 saturated carbocycles. The summed E-state index contributed by atoms with van der Waals surface area (Å²) >= 11 is 5.24. The fraction of sp³-hybridized carbons (Fsp3) is 0.455. The van der Waals surface area contributed by atoms with Gasteiger partial charge in [-0.1, -0.05) is 0 Å². The van der Waals surface area contributed by atoms with Crippen molar-refractivity contribution in [2.45, 2.75) is 19.9 Å². The second kappa shape index (κ2) is 5.35. The van der Waals surface area contributed by atoms with Crippen molar-refractivity contribution in [2.75, 3.05) is 13.7 Å². The van der Waals surface area contributed by atoms with E-state index in [-0.39, 0.29) is 5.91 Å². The molecular formula is C11H15N5O2S. The van der Waals surface area contributed by atoms with E-state index in [1.54, 1.807) is 11.5 Å². The molecule has 0 spiro atoms. The van der Waals surface area contributed by atoms with Gasteiger partial charge in [-0.05, 0) is 26.1 Å². The number of fused-ring (bicyclic) bond motifs is 1. The Labute approximate surface area is 115 Å². The zero-order chi connectivity index (χ0) is 14.0. The summed E-state index contributed by atoms with van der Waals surface area (Å²) in [6, 6.07) is -0.458. The van der Waals surface area contributed by atoms with Crippen molar-refractivity contribution in [3.63, 3.8) is 0 Å². The number of hydrogen-bond acceptors (Lipinski definition) is 5. The Hall–Kier alpha value is -1.96. The summed E-state index contributed by atoms with van der Waals surface area (Å²) < 4.78 is 7.20. The average molecular weight is 281 g/mol. The number of aromatic nitrogens is 4. The molecule has 0 aliphatic heterocycles. The Kier molecular flexibility index (Phi) is 3.79. The van der Waals surface area contributed by atoms with Crippen molar-refractivity contribution in [3.8, 4) is 5.88 Å². The summed E-state index contributed by atoms with van der Waals surface area (Å²) in [5.74, 6) is 0.287. The lowest BCUT2D eigenvalue weighted by molar-refractivity contribution is -0.123. The van der Waals surface area contributed by atoms with Gasteiger partial charge in [0, 0.05) is 6.54 Å². The Morgan fingerprint density at radius 1 is 1.63 bits per heavy atom. The van der Waals surface area contributed by atoms with E-state index in [0.29, 0.717) is 28.4 Å². The SMILES string of the molecule is CCNC(=O)C(C)n1c(=S)[nH]c2c(OC)ncnc21. The third-order valence-corrected chi connectivity index (χ3v) is 3.08. The Morgan fingerprint density at radius 3 is 3.00 bits per heavy atom. The second-order valence-corrected chi connectivity index (χ2v) is 4.34. The number of methoxy groups -OCH3 is 1. The smallest absolute Gasteiger partial charge is 0.242 e. The molecule has 1 amide bonds. The van der Waals surface area contributed by atoms with Crippen LogP contribution in [0.2, 0.25) is 0 Å². The zero-order valence-electron chi connectivity index (χ0n) is 10.9. The molecule has 0 bridgehead atoms. The standard InChI is InChI=1S/C11H15N5O2S/c1-4-12-9(17)6(2)16-8-7(15-11(16)19)10(18-3)14-5-13-8/h5-6H,4H2,1-3H3,(H,12,17)(H,15,19). The van der Waals surface area contributed by atoms with Crippen molar-refractivity contribution in [2.24, 2.45) is 0 Å². The topological polar surface area (TPSA) is 84.8 Å². The number of likely N-dealkylation sites (N-methyl/N-ethyl adjacent to an activating group) is 1. The van der Waals surface area contributed by atoms with Crippen LogP contribution in [-0.2, 0) is 4.79 Å². The van der Waals surface area contributed by atoms with Crippen LogP contribution in [-0.4, -0.2) is 39.1 Å². The van der Waals surface area contributed by atoms with Crippen LogP contribution in [0.1, 0.15) is 19.9 Å². The van der Waals surface area contributed by atoms with Gasteiger partial charge in [0.25, 0.3) is 0 Å². The molecule has 2 heterocycles. The summed E-state index contributed by atoms with van der Waals surface area (Å²) in [5, 5.41) is 2.76. The predicted octanol–water partition coefficient (Wildman–Crippen LogP) is 1.19. The van der Waals surface area contributed by atoms with E-state index in [0.717, 1.165) is 0 Å². The number of imidazole rings is 1. The van der Waals surface area contributed by atoms with Crippen LogP contribution in [0.5, 0.6) is 5.88 Å². The summed E-state index contributed by atoms with van der Waals surface area (Å²) in [6.45, 7) is 4.20. The Bertz CT molecular complexity index is 663. The molecule has 0 radical (unpaired) electrons. The normalized spacial score (nSPS) is 12.4. The lowest BCUT2D eigenvalue weighted by Crippen LogP contribution is -2.30. The quantitative estimate of drug-likeness (QED) is 0.822. The molecule has 0 aromatic carbocycles. The van der Waals surface area contributed by atoms with E-state index in [1.807, 2.05) is 6.92 Å². The van der Waals surface area contributed by atoms with E-state index in [1.165, 1.54) is 13.4 Å². The van der Waals surface area contributed by atoms with Crippen LogP contribution >= 0.6 is 12.2 Å². The van der Waals surface area contributed by atoms with Gasteiger partial charge in [-0.3, -0.25) is 9.36 Å². The fourth-order valence-electron chi connectivity index (χ4n) is 1.87. The molecule has 1 unspecified atom stereocenters. The molecule has 19 heavy (non-hydrogen) atoms. The molecular weight excluding hydrogens is 266 g/mol. The average Bonchev–Trinajstić information content (AvgIpc) is 2.73. The molecule has 2 rings (SSSR count). The highest BCUT2D eigenvalue weighted by Gasteiger charge is 2.20. The highest BCUT2D eigenvalue weighted by atomic mass is 32.1. The van der Waals surface area contributed by atoms with E-state index >= 15 is 0 Å². The highest BCUT2D eigenvalue weighted by molar-refractivity contribution is 7.71. The maximum atomic E-state index is 11.9. The number of nitrogens with zero attached hydrogens (tertiary/aromatic N) is 3. The second-order valence-electron chi connectivity index (χ2n) is 3.95. The summed E-state index contributed by atoms with van der Waals surface area (Å²) in [7, 11) is 1.52. The van der Waals surface area contributed by atoms with Crippen molar-refractivity contribution < 1.29 is 9.53 Å². The zero-order valence-corrected chi connectivity index (χ0v) is 11.7. The highest BCUT2D eigenvalue weighted by Crippen LogP contribution is 2.23. The molecule has 7 nitrogen and oxygen atoms in total. The van der Waals surface area contributed by atoms with Gasteiger partial charge < -0.3 is 15.0 Å². The lowest BCUT2D eigenvalue weighted by atomic mass is 10.3. The minimum Gasteiger partial charge on any atom is -0.479 e. The first-order valence-corrected chi connectivity index (χ1v) is 6.27. The van der Waals surface area contributed by atoms with Gasteiger partial charge >= 0.3 is 0 Å². The molecule has 2 N–H and O–H groups in total. The number of hydrogen-bond donors (Lipinski definition) is 2. The molecule has 102 valence electrons. The third-order valence-electron chi connectivity index (χ3n) is 2.78. The Morgan fingerprint density at radius 2 is 2.37 bits per heavy atom. The molecule has 1 atom stereocenters. The summed E-state index contributed by atoms with van der Waals surface area (Å²) in [6.07, 6.45) is 1.38. The van der Waals surface area contributed by atoms with Crippen LogP contribution in [0.4, 0.5) is 0 Å². The van der Waals surface area contributed by atoms with Crippen molar-refractivity contribution in [1.82, 2.24) is 24.8 Å². The minimum absolute atomic E-state index is 0.114. The number of nitrogens with one attached hydrogen (secondary N) is 2. The van der Waals surface area contributed by atoms with E-state index in [2.05, 4.69) is 20.3 Å². The van der Waals surface area contributed by atoms with E-state index < -0.39 is 6.04 Å². The maximum absolute atomic E-state index is 11.9. The molecule has 8 heteroatoms. The van der Waals surface area contributed by atoms with Gasteiger partial charge in [0.1, 0.15) is 17.9 Å². The molecule has 0 fully saturated rings. The van der Waals surface area contributed by atoms with Gasteiger partial charge in [0.15, 0.2) is 10.4 Å². The van der Waals surface area contributed by atoms with Crippen molar-refractivity contribution in [1.29, 1.82) is 0 Å². The van der Waals surface area contributed by atoms with Gasteiger partial charge in [-0.15, -0.1) is 0 Å². The van der Waals surface area contributed by atoms with Crippen LogP contribution in [0.15, 0.2) is 6.33 Å². The van der Waals surface area contributed by atoms with E-state index in [9.17, 15) is 4.79 Å². The number of rotatable bonds is 4. The molecule has 0 aliphatic carbocycles.